The Balaban J connectivity index is 1.69. The number of anilines is 2. The molecule has 2 N–H and O–H groups in total. The number of carbonyl (C=O) groups excluding carboxylic acids is 1. The van der Waals surface area contributed by atoms with Gasteiger partial charge in [0.2, 0.25) is 0 Å². The van der Waals surface area contributed by atoms with Gasteiger partial charge in [-0.25, -0.2) is 22.5 Å². The van der Waals surface area contributed by atoms with Gasteiger partial charge in [-0.1, -0.05) is 18.2 Å². The highest BCUT2D eigenvalue weighted by atomic mass is 19.1. The standard InChI is InChI=1S/C21H13F3N4O2/c22-12-4-1-2-7-15(12)25-21(30)26-18-9-8-16-20(17(29)10-11-28(16)27-18)19-13(23)5-3-6-14(19)24/h1-11H,(H2,25,26,27,30). The van der Waals surface area contributed by atoms with E-state index in [9.17, 15) is 22.8 Å². The number of nitrogens with one attached hydrogen (secondary N) is 2. The van der Waals surface area contributed by atoms with Crippen LogP contribution in [0.2, 0.25) is 0 Å². The van der Waals surface area contributed by atoms with Gasteiger partial charge in [-0.3, -0.25) is 10.1 Å². The minimum atomic E-state index is -0.883. The van der Waals surface area contributed by atoms with Gasteiger partial charge in [0, 0.05) is 12.3 Å². The Kier molecular flexibility index (Phi) is 4.93. The van der Waals surface area contributed by atoms with E-state index in [-0.39, 0.29) is 22.6 Å². The van der Waals surface area contributed by atoms with Crippen molar-refractivity contribution in [3.05, 3.63) is 94.5 Å². The first kappa shape index (κ1) is 19.2. The summed E-state index contributed by atoms with van der Waals surface area (Å²) in [7, 11) is 0. The van der Waals surface area contributed by atoms with Crippen molar-refractivity contribution in [2.75, 3.05) is 10.6 Å². The number of fused-ring (bicyclic) bond motifs is 1. The van der Waals surface area contributed by atoms with Crippen molar-refractivity contribution in [3.8, 4) is 11.1 Å². The van der Waals surface area contributed by atoms with Crippen LogP contribution in [0.15, 0.2) is 71.7 Å². The fourth-order valence-corrected chi connectivity index (χ4v) is 2.98. The lowest BCUT2D eigenvalue weighted by Crippen LogP contribution is -2.21. The molecular weight excluding hydrogens is 397 g/mol. The third kappa shape index (κ3) is 3.60. The smallest absolute Gasteiger partial charge is 0.305 e. The Labute approximate surface area is 167 Å². The highest BCUT2D eigenvalue weighted by Gasteiger charge is 2.18. The maximum atomic E-state index is 14.2. The van der Waals surface area contributed by atoms with Crippen molar-refractivity contribution >= 4 is 23.1 Å². The molecule has 30 heavy (non-hydrogen) atoms. The van der Waals surface area contributed by atoms with Crippen LogP contribution in [0, 0.1) is 17.5 Å². The predicted molar refractivity (Wildman–Crippen MR) is 106 cm³/mol. The molecule has 0 radical (unpaired) electrons. The Morgan fingerprint density at radius 3 is 2.23 bits per heavy atom. The van der Waals surface area contributed by atoms with Gasteiger partial charge in [0.25, 0.3) is 0 Å². The van der Waals surface area contributed by atoms with Crippen LogP contribution in [-0.2, 0) is 0 Å². The van der Waals surface area contributed by atoms with Crippen LogP contribution in [-0.4, -0.2) is 15.6 Å². The minimum absolute atomic E-state index is 0.0169. The molecule has 2 amide bonds. The number of urea groups is 1. The SMILES string of the molecule is O=C(Nc1ccc2c(-c3c(F)cccc3F)c(=O)ccn2n1)Nc1ccccc1F. The number of pyridine rings is 1. The molecule has 2 heterocycles. The molecule has 4 rings (SSSR count). The van der Waals surface area contributed by atoms with Crippen molar-refractivity contribution in [1.29, 1.82) is 0 Å². The van der Waals surface area contributed by atoms with Crippen LogP contribution in [0.3, 0.4) is 0 Å². The van der Waals surface area contributed by atoms with Gasteiger partial charge in [0.05, 0.1) is 22.3 Å². The maximum absolute atomic E-state index is 14.2. The summed E-state index contributed by atoms with van der Waals surface area (Å²) < 4.78 is 43.3. The van der Waals surface area contributed by atoms with Crippen molar-refractivity contribution < 1.29 is 18.0 Å². The monoisotopic (exact) mass is 410 g/mol. The molecule has 0 aliphatic carbocycles. The molecule has 0 unspecified atom stereocenters. The average molecular weight is 410 g/mol. The fourth-order valence-electron chi connectivity index (χ4n) is 2.98. The number of hydrogen-bond donors (Lipinski definition) is 2. The van der Waals surface area contributed by atoms with E-state index in [0.29, 0.717) is 0 Å². The molecule has 0 saturated heterocycles. The minimum Gasteiger partial charge on any atom is -0.305 e. The number of benzene rings is 2. The first-order chi connectivity index (χ1) is 14.4. The van der Waals surface area contributed by atoms with Crippen LogP contribution in [0.1, 0.15) is 0 Å². The van der Waals surface area contributed by atoms with E-state index in [1.54, 1.807) is 6.07 Å². The first-order valence-electron chi connectivity index (χ1n) is 8.73. The summed E-state index contributed by atoms with van der Waals surface area (Å²) in [4.78, 5) is 24.5. The molecule has 0 aliphatic heterocycles. The Bertz CT molecular complexity index is 1320. The number of halogens is 3. The predicted octanol–water partition coefficient (Wildman–Crippen LogP) is 4.42. The number of hydrogen-bond acceptors (Lipinski definition) is 3. The number of nitrogens with zero attached hydrogens (tertiary/aromatic N) is 2. The van der Waals surface area contributed by atoms with Crippen LogP contribution >= 0.6 is 0 Å². The number of rotatable bonds is 3. The lowest BCUT2D eigenvalue weighted by molar-refractivity contribution is 0.262. The summed E-state index contributed by atoms with van der Waals surface area (Å²) in [5.41, 5.74) is -1.11. The summed E-state index contributed by atoms with van der Waals surface area (Å²) in [6.45, 7) is 0. The van der Waals surface area contributed by atoms with Crippen molar-refractivity contribution in [1.82, 2.24) is 9.61 Å². The largest absolute Gasteiger partial charge is 0.324 e. The van der Waals surface area contributed by atoms with Gasteiger partial charge in [-0.15, -0.1) is 0 Å². The van der Waals surface area contributed by atoms with Gasteiger partial charge in [-0.05, 0) is 36.4 Å². The second kappa shape index (κ2) is 7.70. The molecule has 0 spiro atoms. The van der Waals surface area contributed by atoms with Gasteiger partial charge >= 0.3 is 6.03 Å². The zero-order valence-corrected chi connectivity index (χ0v) is 15.2. The molecule has 0 atom stereocenters. The molecule has 2 aromatic carbocycles. The fraction of sp³-hybridized carbons (Fsp3) is 0. The Morgan fingerprint density at radius 1 is 0.800 bits per heavy atom. The molecule has 0 fully saturated rings. The third-order valence-corrected chi connectivity index (χ3v) is 4.31. The van der Waals surface area contributed by atoms with E-state index in [0.717, 1.165) is 18.2 Å². The maximum Gasteiger partial charge on any atom is 0.324 e. The number of para-hydroxylation sites is 1. The number of amides is 2. The van der Waals surface area contributed by atoms with E-state index in [4.69, 9.17) is 0 Å². The highest BCUT2D eigenvalue weighted by molar-refractivity contribution is 5.99. The molecule has 0 saturated carbocycles. The zero-order valence-electron chi connectivity index (χ0n) is 15.2. The van der Waals surface area contributed by atoms with Crippen molar-refractivity contribution in [2.24, 2.45) is 0 Å². The van der Waals surface area contributed by atoms with E-state index in [2.05, 4.69) is 15.7 Å². The normalized spacial score (nSPS) is 10.8. The topological polar surface area (TPSA) is 75.5 Å². The Hall–Kier alpha value is -4.14. The lowest BCUT2D eigenvalue weighted by Gasteiger charge is -2.11. The van der Waals surface area contributed by atoms with Crippen molar-refractivity contribution in [2.45, 2.75) is 0 Å². The van der Waals surface area contributed by atoms with Crippen LogP contribution in [0.4, 0.5) is 29.5 Å². The lowest BCUT2D eigenvalue weighted by atomic mass is 10.0. The summed E-state index contributed by atoms with van der Waals surface area (Å²) in [5.74, 6) is -2.30. The molecule has 0 bridgehead atoms. The molecule has 0 aliphatic rings. The third-order valence-electron chi connectivity index (χ3n) is 4.31. The molecule has 150 valence electrons. The van der Waals surface area contributed by atoms with E-state index < -0.39 is 34.5 Å². The van der Waals surface area contributed by atoms with E-state index >= 15 is 0 Å². The molecule has 6 nitrogen and oxygen atoms in total. The van der Waals surface area contributed by atoms with E-state index in [1.165, 1.54) is 47.1 Å². The van der Waals surface area contributed by atoms with Gasteiger partial charge < -0.3 is 5.32 Å². The van der Waals surface area contributed by atoms with Crippen molar-refractivity contribution in [3.63, 3.8) is 0 Å². The molecular formula is C21H13F3N4O2. The summed E-state index contributed by atoms with van der Waals surface area (Å²) in [6.07, 6.45) is 1.31. The second-order valence-electron chi connectivity index (χ2n) is 6.26. The first-order valence-corrected chi connectivity index (χ1v) is 8.73. The molecule has 9 heteroatoms. The van der Waals surface area contributed by atoms with Gasteiger partial charge in [0.1, 0.15) is 17.5 Å². The van der Waals surface area contributed by atoms with Crippen LogP contribution in [0.25, 0.3) is 16.6 Å². The molecule has 2 aromatic heterocycles. The Morgan fingerprint density at radius 2 is 1.50 bits per heavy atom. The highest BCUT2D eigenvalue weighted by Crippen LogP contribution is 2.27. The number of carbonyl (C=O) groups is 1. The van der Waals surface area contributed by atoms with Crippen LogP contribution < -0.4 is 16.1 Å². The second-order valence-corrected chi connectivity index (χ2v) is 6.26. The summed E-state index contributed by atoms with van der Waals surface area (Å²) >= 11 is 0. The number of aromatic nitrogens is 2. The average Bonchev–Trinajstić information content (AvgIpc) is 2.71. The van der Waals surface area contributed by atoms with Crippen LogP contribution in [0.5, 0.6) is 0 Å². The summed E-state index contributed by atoms with van der Waals surface area (Å²) in [6, 6.07) is 12.1. The van der Waals surface area contributed by atoms with Gasteiger partial charge in [0.15, 0.2) is 11.2 Å². The zero-order chi connectivity index (χ0) is 21.3. The summed E-state index contributed by atoms with van der Waals surface area (Å²) in [5, 5.41) is 8.91. The quantitative estimate of drug-likeness (QED) is 0.525. The van der Waals surface area contributed by atoms with E-state index in [1.807, 2.05) is 0 Å². The molecule has 4 aromatic rings. The van der Waals surface area contributed by atoms with Gasteiger partial charge in [-0.2, -0.15) is 5.10 Å².